The van der Waals surface area contributed by atoms with Gasteiger partial charge in [-0.2, -0.15) is 5.26 Å². The molecule has 2 rings (SSSR count). The standard InChI is InChI=1S/C22H30N3O6PS.C3H8O2/c1-22(2,3)21(27)33-13-12-29-32(31-17-8-6-5-7-9-17)30-15-18(28-4)10-11-25-16-24-19(14-23)20(25)26;1-3(2,4)5/h5-9,16,18,26H,10-13,15H2,1-4H3;4-5H,1-2H3. The second-order valence-corrected chi connectivity index (χ2v) is 11.7. The lowest BCUT2D eigenvalue weighted by molar-refractivity contribution is -0.127. The molecule has 38 heavy (non-hydrogen) atoms. The molecule has 0 saturated carbocycles. The van der Waals surface area contributed by atoms with Crippen molar-refractivity contribution in [2.75, 3.05) is 26.1 Å². The van der Waals surface area contributed by atoms with Crippen molar-refractivity contribution < 1.29 is 38.4 Å². The number of aromatic hydroxyl groups is 1. The van der Waals surface area contributed by atoms with Crippen LogP contribution >= 0.6 is 20.4 Å². The van der Waals surface area contributed by atoms with E-state index in [4.69, 9.17) is 33.8 Å². The molecular formula is C25H38N3O8PS. The summed E-state index contributed by atoms with van der Waals surface area (Å²) in [6.45, 7) is 9.13. The van der Waals surface area contributed by atoms with E-state index >= 15 is 0 Å². The Morgan fingerprint density at radius 3 is 2.34 bits per heavy atom. The third-order valence-corrected chi connectivity index (χ3v) is 6.71. The summed E-state index contributed by atoms with van der Waals surface area (Å²) in [7, 11) is -0.152. The maximum absolute atomic E-state index is 12.1. The number of methoxy groups -OCH3 is 1. The predicted molar refractivity (Wildman–Crippen MR) is 145 cm³/mol. The van der Waals surface area contributed by atoms with Crippen molar-refractivity contribution in [1.29, 1.82) is 5.26 Å². The van der Waals surface area contributed by atoms with Gasteiger partial charge in [-0.1, -0.05) is 50.7 Å². The molecule has 0 saturated heterocycles. The van der Waals surface area contributed by atoms with Gasteiger partial charge < -0.3 is 33.7 Å². The van der Waals surface area contributed by atoms with Gasteiger partial charge in [-0.3, -0.25) is 9.32 Å². The van der Waals surface area contributed by atoms with Gasteiger partial charge in [0.1, 0.15) is 11.8 Å². The third-order valence-electron chi connectivity index (χ3n) is 4.36. The van der Waals surface area contributed by atoms with Crippen molar-refractivity contribution in [3.8, 4) is 17.7 Å². The highest BCUT2D eigenvalue weighted by Crippen LogP contribution is 2.41. The number of benzene rings is 1. The molecule has 1 aromatic heterocycles. The molecule has 2 unspecified atom stereocenters. The van der Waals surface area contributed by atoms with Crippen LogP contribution in [-0.2, 0) is 25.1 Å². The van der Waals surface area contributed by atoms with Gasteiger partial charge in [-0.15, -0.1) is 0 Å². The summed E-state index contributed by atoms with van der Waals surface area (Å²) >= 11 is 1.23. The third kappa shape index (κ3) is 14.6. The number of aryl methyl sites for hydroxylation is 1. The average molecular weight is 572 g/mol. The molecule has 0 radical (unpaired) electrons. The zero-order valence-electron chi connectivity index (χ0n) is 22.7. The smallest absolute Gasteiger partial charge is 0.397 e. The van der Waals surface area contributed by atoms with Gasteiger partial charge in [-0.25, -0.2) is 4.98 Å². The van der Waals surface area contributed by atoms with Crippen molar-refractivity contribution in [1.82, 2.24) is 9.55 Å². The predicted octanol–water partition coefficient (Wildman–Crippen LogP) is 4.22. The largest absolute Gasteiger partial charge is 0.492 e. The van der Waals surface area contributed by atoms with E-state index in [9.17, 15) is 9.90 Å². The van der Waals surface area contributed by atoms with Crippen molar-refractivity contribution in [2.45, 2.75) is 59.5 Å². The summed E-state index contributed by atoms with van der Waals surface area (Å²) in [6, 6.07) is 11.0. The van der Waals surface area contributed by atoms with Gasteiger partial charge in [0.05, 0.1) is 25.6 Å². The highest BCUT2D eigenvalue weighted by Gasteiger charge is 2.23. The maximum Gasteiger partial charge on any atom is 0.397 e. The number of carbonyl (C=O) groups excluding carboxylic acids is 1. The summed E-state index contributed by atoms with van der Waals surface area (Å²) in [5, 5.41) is 35.1. The molecular weight excluding hydrogens is 533 g/mol. The average Bonchev–Trinajstić information content (AvgIpc) is 3.19. The number of thioether (sulfide) groups is 1. The Bertz CT molecular complexity index is 997. The van der Waals surface area contributed by atoms with Crippen LogP contribution in [0.5, 0.6) is 11.6 Å². The number of ether oxygens (including phenoxy) is 1. The summed E-state index contributed by atoms with van der Waals surface area (Å²) in [5.41, 5.74) is -0.424. The van der Waals surface area contributed by atoms with E-state index in [0.717, 1.165) is 0 Å². The molecule has 0 spiro atoms. The van der Waals surface area contributed by atoms with Crippen LogP contribution in [0.1, 0.15) is 46.7 Å². The lowest BCUT2D eigenvalue weighted by atomic mass is 10.00. The molecule has 0 amide bonds. The Kier molecular flexibility index (Phi) is 14.8. The Hall–Kier alpha value is -2.23. The fourth-order valence-corrected chi connectivity index (χ4v) is 4.35. The van der Waals surface area contributed by atoms with Crippen molar-refractivity contribution in [3.05, 3.63) is 42.4 Å². The number of hydrogen-bond donors (Lipinski definition) is 3. The fourth-order valence-electron chi connectivity index (χ4n) is 2.43. The zero-order valence-corrected chi connectivity index (χ0v) is 24.4. The maximum atomic E-state index is 12.1. The normalized spacial score (nSPS) is 13.1. The van der Waals surface area contributed by atoms with Crippen molar-refractivity contribution in [2.24, 2.45) is 5.41 Å². The van der Waals surface area contributed by atoms with E-state index in [1.54, 1.807) is 7.11 Å². The lowest BCUT2D eigenvalue weighted by Crippen LogP contribution is -2.20. The molecule has 0 aliphatic carbocycles. The minimum atomic E-state index is -1.72. The molecule has 0 bridgehead atoms. The van der Waals surface area contributed by atoms with Crippen LogP contribution in [0.25, 0.3) is 0 Å². The molecule has 0 aliphatic rings. The van der Waals surface area contributed by atoms with E-state index in [-0.39, 0.29) is 29.4 Å². The number of carbonyl (C=O) groups is 1. The summed E-state index contributed by atoms with van der Waals surface area (Å²) in [5.74, 6) is -0.567. The van der Waals surface area contributed by atoms with Crippen LogP contribution in [0.4, 0.5) is 0 Å². The first kappa shape index (κ1) is 33.8. The highest BCUT2D eigenvalue weighted by molar-refractivity contribution is 8.13. The molecule has 212 valence electrons. The summed E-state index contributed by atoms with van der Waals surface area (Å²) < 4.78 is 24.5. The summed E-state index contributed by atoms with van der Waals surface area (Å²) in [6.07, 6.45) is 1.62. The van der Waals surface area contributed by atoms with Gasteiger partial charge in [0.15, 0.2) is 10.9 Å². The molecule has 13 heteroatoms. The molecule has 2 aromatic rings. The van der Waals surface area contributed by atoms with Crippen LogP contribution in [0, 0.1) is 16.7 Å². The van der Waals surface area contributed by atoms with Crippen LogP contribution < -0.4 is 4.52 Å². The summed E-state index contributed by atoms with van der Waals surface area (Å²) in [4.78, 5) is 15.9. The van der Waals surface area contributed by atoms with Crippen LogP contribution in [0.2, 0.25) is 0 Å². The van der Waals surface area contributed by atoms with Crippen molar-refractivity contribution >= 4 is 25.5 Å². The molecule has 0 aliphatic heterocycles. The first-order valence-corrected chi connectivity index (χ1v) is 13.9. The Morgan fingerprint density at radius 1 is 1.18 bits per heavy atom. The Balaban J connectivity index is 0.00000132. The molecule has 1 aromatic carbocycles. The number of imidazole rings is 1. The van der Waals surface area contributed by atoms with Crippen LogP contribution in [-0.4, -0.2) is 68.0 Å². The molecule has 3 N–H and O–H groups in total. The van der Waals surface area contributed by atoms with E-state index in [1.807, 2.05) is 57.2 Å². The first-order valence-electron chi connectivity index (χ1n) is 11.8. The van der Waals surface area contributed by atoms with E-state index in [2.05, 4.69) is 4.98 Å². The lowest BCUT2D eigenvalue weighted by Gasteiger charge is -2.21. The van der Waals surface area contributed by atoms with Gasteiger partial charge in [0, 0.05) is 24.8 Å². The van der Waals surface area contributed by atoms with E-state index in [0.29, 0.717) is 31.1 Å². The topological polar surface area (TPSA) is 156 Å². The minimum Gasteiger partial charge on any atom is -0.492 e. The minimum absolute atomic E-state index is 0.0174. The highest BCUT2D eigenvalue weighted by atomic mass is 32.2. The Labute approximate surface area is 229 Å². The van der Waals surface area contributed by atoms with Gasteiger partial charge in [0.25, 0.3) is 0 Å². The van der Waals surface area contributed by atoms with Crippen LogP contribution in [0.15, 0.2) is 36.7 Å². The number of nitrogens with zero attached hydrogens (tertiary/aromatic N) is 3. The van der Waals surface area contributed by atoms with Crippen molar-refractivity contribution in [3.63, 3.8) is 0 Å². The number of rotatable bonds is 13. The SMILES string of the molecule is CC(C)(O)O.COC(CCn1cnc(C#N)c1O)COP(OCCSC(=O)C(C)(C)C)Oc1ccccc1. The number of aliphatic hydroxyl groups is 2. The van der Waals surface area contributed by atoms with Gasteiger partial charge in [-0.05, 0) is 32.4 Å². The van der Waals surface area contributed by atoms with Gasteiger partial charge in [0.2, 0.25) is 11.6 Å². The number of para-hydroxylation sites is 1. The quantitative estimate of drug-likeness (QED) is 0.180. The molecule has 1 heterocycles. The number of hydrogen-bond acceptors (Lipinski definition) is 11. The van der Waals surface area contributed by atoms with Gasteiger partial charge >= 0.3 is 8.60 Å². The monoisotopic (exact) mass is 571 g/mol. The first-order chi connectivity index (χ1) is 17.7. The van der Waals surface area contributed by atoms with E-state index in [1.165, 1.54) is 36.5 Å². The fraction of sp³-hybridized carbons (Fsp3) is 0.560. The van der Waals surface area contributed by atoms with Crippen LogP contribution in [0.3, 0.4) is 0 Å². The second-order valence-electron chi connectivity index (χ2n) is 9.51. The Morgan fingerprint density at radius 2 is 1.82 bits per heavy atom. The number of nitriles is 1. The zero-order chi connectivity index (χ0) is 28.8. The second kappa shape index (κ2) is 16.7. The molecule has 2 atom stereocenters. The molecule has 0 fully saturated rings. The van der Waals surface area contributed by atoms with E-state index < -0.39 is 19.8 Å². The number of aromatic nitrogens is 2. The molecule has 11 nitrogen and oxygen atoms in total.